The summed E-state index contributed by atoms with van der Waals surface area (Å²) in [4.78, 5) is 31.1. The van der Waals surface area contributed by atoms with Gasteiger partial charge in [-0.15, -0.1) is 0 Å². The summed E-state index contributed by atoms with van der Waals surface area (Å²) in [6.45, 7) is 3.70. The second kappa shape index (κ2) is 8.57. The second-order valence-corrected chi connectivity index (χ2v) is 6.16. The highest BCUT2D eigenvalue weighted by atomic mass is 32.2. The van der Waals surface area contributed by atoms with E-state index in [4.69, 9.17) is 9.47 Å². The van der Waals surface area contributed by atoms with Gasteiger partial charge in [-0.25, -0.2) is 4.98 Å². The Hall–Kier alpha value is -2.48. The number of carbonyl (C=O) groups is 1. The molecule has 2 aromatic rings. The fourth-order valence-corrected chi connectivity index (χ4v) is 3.02. The lowest BCUT2D eigenvalue weighted by Crippen LogP contribution is -2.18. The first-order chi connectivity index (χ1) is 12.0. The number of amides is 1. The maximum atomic E-state index is 12.1. The summed E-state index contributed by atoms with van der Waals surface area (Å²) in [5.41, 5.74) is 1.80. The van der Waals surface area contributed by atoms with Gasteiger partial charge in [-0.1, -0.05) is 18.7 Å². The molecule has 0 aliphatic rings. The molecule has 8 heteroatoms. The van der Waals surface area contributed by atoms with Gasteiger partial charge >= 0.3 is 0 Å². The van der Waals surface area contributed by atoms with E-state index in [0.29, 0.717) is 40.0 Å². The first-order valence-corrected chi connectivity index (χ1v) is 8.71. The molecule has 1 aromatic heterocycles. The number of aromatic nitrogens is 2. The lowest BCUT2D eigenvalue weighted by molar-refractivity contribution is -0.113. The van der Waals surface area contributed by atoms with Crippen LogP contribution in [-0.4, -0.2) is 35.8 Å². The molecule has 2 N–H and O–H groups in total. The minimum absolute atomic E-state index is 0.127. The van der Waals surface area contributed by atoms with Crippen molar-refractivity contribution < 1.29 is 14.3 Å². The predicted octanol–water partition coefficient (Wildman–Crippen LogP) is 2.39. The maximum Gasteiger partial charge on any atom is 0.254 e. The third-order valence-electron chi connectivity index (χ3n) is 3.56. The van der Waals surface area contributed by atoms with Crippen LogP contribution < -0.4 is 20.3 Å². The predicted molar refractivity (Wildman–Crippen MR) is 97.9 cm³/mol. The minimum atomic E-state index is -0.211. The van der Waals surface area contributed by atoms with Gasteiger partial charge in [0.15, 0.2) is 16.7 Å². The van der Waals surface area contributed by atoms with Crippen LogP contribution in [0.5, 0.6) is 11.5 Å². The van der Waals surface area contributed by atoms with Gasteiger partial charge < -0.3 is 19.8 Å². The van der Waals surface area contributed by atoms with Gasteiger partial charge in [-0.3, -0.25) is 9.59 Å². The molecule has 2 rings (SSSR count). The van der Waals surface area contributed by atoms with Gasteiger partial charge in [0, 0.05) is 23.0 Å². The summed E-state index contributed by atoms with van der Waals surface area (Å²) in [7, 11) is 3.08. The van der Waals surface area contributed by atoms with Gasteiger partial charge in [0.1, 0.15) is 0 Å². The van der Waals surface area contributed by atoms with Gasteiger partial charge in [-0.05, 0) is 25.5 Å². The number of methoxy groups -OCH3 is 2. The summed E-state index contributed by atoms with van der Waals surface area (Å²) in [5, 5.41) is 3.21. The zero-order valence-electron chi connectivity index (χ0n) is 14.6. The molecule has 1 heterocycles. The number of ether oxygens (including phenoxy) is 2. The highest BCUT2D eigenvalue weighted by Crippen LogP contribution is 2.29. The minimum Gasteiger partial charge on any atom is -0.493 e. The summed E-state index contributed by atoms with van der Waals surface area (Å²) in [6.07, 6.45) is 0.624. The Morgan fingerprint density at radius 2 is 2.00 bits per heavy atom. The van der Waals surface area contributed by atoms with E-state index in [9.17, 15) is 9.59 Å². The maximum absolute atomic E-state index is 12.1. The van der Waals surface area contributed by atoms with Crippen molar-refractivity contribution in [3.63, 3.8) is 0 Å². The molecule has 0 radical (unpaired) electrons. The number of benzene rings is 1. The van der Waals surface area contributed by atoms with Crippen molar-refractivity contribution in [1.29, 1.82) is 0 Å². The third-order valence-corrected chi connectivity index (χ3v) is 4.43. The normalized spacial score (nSPS) is 10.4. The van der Waals surface area contributed by atoms with Crippen molar-refractivity contribution in [2.75, 3.05) is 25.3 Å². The average molecular weight is 363 g/mol. The third kappa shape index (κ3) is 4.76. The average Bonchev–Trinajstić information content (AvgIpc) is 2.59. The van der Waals surface area contributed by atoms with Crippen molar-refractivity contribution in [1.82, 2.24) is 9.97 Å². The zero-order chi connectivity index (χ0) is 18.4. The molecule has 0 unspecified atom stereocenters. The molecule has 134 valence electrons. The van der Waals surface area contributed by atoms with Crippen LogP contribution in [0.15, 0.2) is 28.2 Å². The number of nitrogens with zero attached hydrogens (tertiary/aromatic N) is 1. The molecule has 7 nitrogen and oxygen atoms in total. The number of nitrogens with one attached hydrogen (secondary N) is 2. The molecule has 0 aliphatic heterocycles. The van der Waals surface area contributed by atoms with Gasteiger partial charge in [0.2, 0.25) is 5.91 Å². The van der Waals surface area contributed by atoms with E-state index < -0.39 is 0 Å². The molecule has 25 heavy (non-hydrogen) atoms. The van der Waals surface area contributed by atoms with E-state index in [0.717, 1.165) is 0 Å². The van der Waals surface area contributed by atoms with Gasteiger partial charge in [0.05, 0.1) is 20.0 Å². The fourth-order valence-electron chi connectivity index (χ4n) is 2.31. The van der Waals surface area contributed by atoms with Crippen LogP contribution in [0.25, 0.3) is 0 Å². The van der Waals surface area contributed by atoms with E-state index in [1.165, 1.54) is 18.9 Å². The monoisotopic (exact) mass is 363 g/mol. The molecule has 0 bridgehead atoms. The Labute approximate surface area is 150 Å². The Morgan fingerprint density at radius 1 is 1.28 bits per heavy atom. The van der Waals surface area contributed by atoms with Gasteiger partial charge in [-0.2, -0.15) is 0 Å². The number of thioether (sulfide) groups is 1. The van der Waals surface area contributed by atoms with Crippen molar-refractivity contribution in [3.05, 3.63) is 39.8 Å². The number of hydrogen-bond donors (Lipinski definition) is 2. The Morgan fingerprint density at radius 3 is 2.60 bits per heavy atom. The molecule has 0 atom stereocenters. The Balaban J connectivity index is 2.00. The molecule has 0 saturated carbocycles. The lowest BCUT2D eigenvalue weighted by atomic mass is 10.2. The van der Waals surface area contributed by atoms with Crippen LogP contribution in [0, 0.1) is 6.92 Å². The van der Waals surface area contributed by atoms with E-state index in [-0.39, 0.29) is 17.2 Å². The highest BCUT2D eigenvalue weighted by molar-refractivity contribution is 7.99. The number of anilines is 1. The van der Waals surface area contributed by atoms with E-state index in [2.05, 4.69) is 15.3 Å². The second-order valence-electron chi connectivity index (χ2n) is 5.20. The van der Waals surface area contributed by atoms with E-state index >= 15 is 0 Å². The first kappa shape index (κ1) is 18.9. The van der Waals surface area contributed by atoms with Crippen LogP contribution in [0.1, 0.15) is 18.2 Å². The van der Waals surface area contributed by atoms with Crippen LogP contribution >= 0.6 is 11.8 Å². The largest absolute Gasteiger partial charge is 0.493 e. The molecule has 0 aliphatic carbocycles. The first-order valence-electron chi connectivity index (χ1n) is 7.73. The Kier molecular flexibility index (Phi) is 6.46. The van der Waals surface area contributed by atoms with Crippen molar-refractivity contribution in [2.45, 2.75) is 25.4 Å². The number of carbonyl (C=O) groups excluding carboxylic acids is 1. The topological polar surface area (TPSA) is 93.3 Å². The molecular weight excluding hydrogens is 342 g/mol. The van der Waals surface area contributed by atoms with Crippen molar-refractivity contribution >= 4 is 23.4 Å². The molecule has 1 aromatic carbocycles. The summed E-state index contributed by atoms with van der Waals surface area (Å²) < 4.78 is 10.4. The van der Waals surface area contributed by atoms with Gasteiger partial charge in [0.25, 0.3) is 5.56 Å². The molecule has 0 fully saturated rings. The highest BCUT2D eigenvalue weighted by Gasteiger charge is 2.10. The standard InChI is InChI=1S/C17H21N3O4S/c1-5-12-10(2)18-17(20-16(12)22)25-9-15(21)19-11-6-7-13(23-3)14(8-11)24-4/h6-8H,5,9H2,1-4H3,(H,19,21)(H,18,20,22). The SMILES string of the molecule is CCc1c(C)nc(SCC(=O)Nc2ccc(OC)c(OC)c2)[nH]c1=O. The van der Waals surface area contributed by atoms with Crippen LogP contribution in [-0.2, 0) is 11.2 Å². The number of hydrogen-bond acceptors (Lipinski definition) is 6. The molecule has 1 amide bonds. The van der Waals surface area contributed by atoms with Crippen LogP contribution in [0.4, 0.5) is 5.69 Å². The summed E-state index contributed by atoms with van der Waals surface area (Å²) in [6, 6.07) is 5.12. The number of H-pyrrole nitrogens is 1. The quantitative estimate of drug-likeness (QED) is 0.579. The van der Waals surface area contributed by atoms with Crippen molar-refractivity contribution in [3.8, 4) is 11.5 Å². The molecular formula is C17H21N3O4S. The summed E-state index contributed by atoms with van der Waals surface area (Å²) in [5.74, 6) is 1.03. The zero-order valence-corrected chi connectivity index (χ0v) is 15.5. The summed E-state index contributed by atoms with van der Waals surface area (Å²) >= 11 is 1.18. The van der Waals surface area contributed by atoms with Crippen LogP contribution in [0.2, 0.25) is 0 Å². The number of aromatic amines is 1. The van der Waals surface area contributed by atoms with Crippen LogP contribution in [0.3, 0.4) is 0 Å². The molecule has 0 saturated heterocycles. The molecule has 0 spiro atoms. The van der Waals surface area contributed by atoms with E-state index in [1.807, 2.05) is 6.92 Å². The number of aryl methyl sites for hydroxylation is 1. The van der Waals surface area contributed by atoms with Crippen molar-refractivity contribution in [2.24, 2.45) is 0 Å². The number of rotatable bonds is 7. The fraction of sp³-hybridized carbons (Fsp3) is 0.353. The lowest BCUT2D eigenvalue weighted by Gasteiger charge is -2.10. The smallest absolute Gasteiger partial charge is 0.254 e. The van der Waals surface area contributed by atoms with E-state index in [1.54, 1.807) is 32.2 Å². The Bertz CT molecular complexity index is 820.